The van der Waals surface area contributed by atoms with Crippen LogP contribution in [0.4, 0.5) is 5.69 Å². The van der Waals surface area contributed by atoms with E-state index in [2.05, 4.69) is 20.6 Å². The van der Waals surface area contributed by atoms with Crippen molar-refractivity contribution in [3.05, 3.63) is 108 Å². The Hall–Kier alpha value is -4.56. The number of aryl methyl sites for hydroxylation is 1. The Morgan fingerprint density at radius 3 is 2.69 bits per heavy atom. The molecule has 0 unspecified atom stereocenters. The Balaban J connectivity index is 1.25. The van der Waals surface area contributed by atoms with Crippen LogP contribution in [-0.2, 0) is 6.61 Å². The van der Waals surface area contributed by atoms with Crippen LogP contribution >= 0.6 is 12.2 Å². The Labute approximate surface area is 213 Å². The number of benzene rings is 3. The van der Waals surface area contributed by atoms with Crippen molar-refractivity contribution in [2.45, 2.75) is 13.5 Å². The number of hydrogen-bond acceptors (Lipinski definition) is 6. The predicted molar refractivity (Wildman–Crippen MR) is 143 cm³/mol. The number of oxazole rings is 1. The first-order valence-corrected chi connectivity index (χ1v) is 11.7. The number of carbonyl (C=O) groups excluding carboxylic acids is 1. The lowest BCUT2D eigenvalue weighted by Gasteiger charge is -2.13. The fourth-order valence-electron chi connectivity index (χ4n) is 3.58. The number of aromatic nitrogens is 2. The second-order valence-electron chi connectivity index (χ2n) is 8.08. The molecule has 2 heterocycles. The molecule has 2 N–H and O–H groups in total. The molecule has 0 saturated heterocycles. The molecule has 3 aromatic carbocycles. The van der Waals surface area contributed by atoms with Crippen LogP contribution in [0.2, 0.25) is 0 Å². The molecule has 5 rings (SSSR count). The topological polar surface area (TPSA) is 89.3 Å². The van der Waals surface area contributed by atoms with Gasteiger partial charge in [-0.1, -0.05) is 42.5 Å². The second kappa shape index (κ2) is 10.4. The van der Waals surface area contributed by atoms with Crippen molar-refractivity contribution in [1.29, 1.82) is 0 Å². The van der Waals surface area contributed by atoms with Gasteiger partial charge in [-0.3, -0.25) is 10.1 Å². The number of amides is 1. The quantitative estimate of drug-likeness (QED) is 0.284. The molecular formula is C28H22N4O3S. The summed E-state index contributed by atoms with van der Waals surface area (Å²) >= 11 is 5.41. The molecule has 5 aromatic rings. The number of nitrogens with zero attached hydrogens (tertiary/aromatic N) is 2. The summed E-state index contributed by atoms with van der Waals surface area (Å²) in [6.45, 7) is 2.36. The van der Waals surface area contributed by atoms with Gasteiger partial charge in [0.2, 0.25) is 5.89 Å². The maximum atomic E-state index is 12.8. The molecule has 0 aliphatic heterocycles. The van der Waals surface area contributed by atoms with Crippen molar-refractivity contribution < 1.29 is 13.9 Å². The van der Waals surface area contributed by atoms with E-state index in [0.717, 1.165) is 22.4 Å². The van der Waals surface area contributed by atoms with E-state index >= 15 is 0 Å². The minimum Gasteiger partial charge on any atom is -0.489 e. The van der Waals surface area contributed by atoms with E-state index in [0.29, 0.717) is 35.0 Å². The Morgan fingerprint density at radius 1 is 1.00 bits per heavy atom. The van der Waals surface area contributed by atoms with E-state index in [-0.39, 0.29) is 11.0 Å². The van der Waals surface area contributed by atoms with Crippen LogP contribution in [0.1, 0.15) is 21.5 Å². The molecule has 1 amide bonds. The smallest absolute Gasteiger partial charge is 0.257 e. The van der Waals surface area contributed by atoms with E-state index < -0.39 is 0 Å². The van der Waals surface area contributed by atoms with Crippen molar-refractivity contribution >= 4 is 40.2 Å². The second-order valence-corrected chi connectivity index (χ2v) is 8.49. The van der Waals surface area contributed by atoms with Crippen molar-refractivity contribution in [3.8, 4) is 17.2 Å². The number of rotatable bonds is 6. The summed E-state index contributed by atoms with van der Waals surface area (Å²) in [7, 11) is 0. The molecule has 8 heteroatoms. The lowest BCUT2D eigenvalue weighted by molar-refractivity contribution is 0.0977. The number of nitrogens with one attached hydrogen (secondary N) is 2. The number of carbonyl (C=O) groups is 1. The van der Waals surface area contributed by atoms with Crippen LogP contribution in [-0.4, -0.2) is 21.0 Å². The van der Waals surface area contributed by atoms with Crippen molar-refractivity contribution in [2.75, 3.05) is 5.32 Å². The zero-order valence-corrected chi connectivity index (χ0v) is 20.2. The van der Waals surface area contributed by atoms with Crippen LogP contribution in [0.5, 0.6) is 5.75 Å². The van der Waals surface area contributed by atoms with Crippen LogP contribution in [0.15, 0.2) is 95.5 Å². The summed E-state index contributed by atoms with van der Waals surface area (Å²) in [6.07, 6.45) is 1.67. The Kier molecular flexibility index (Phi) is 6.68. The summed E-state index contributed by atoms with van der Waals surface area (Å²) < 4.78 is 11.6. The maximum Gasteiger partial charge on any atom is 0.257 e. The average Bonchev–Trinajstić information content (AvgIpc) is 3.34. The Bertz CT molecular complexity index is 1520. The number of pyridine rings is 1. The molecule has 2 aromatic heterocycles. The van der Waals surface area contributed by atoms with Gasteiger partial charge in [-0.15, -0.1) is 0 Å². The maximum absolute atomic E-state index is 12.8. The molecule has 0 fully saturated rings. The number of anilines is 1. The lowest BCUT2D eigenvalue weighted by Crippen LogP contribution is -2.34. The zero-order valence-electron chi connectivity index (χ0n) is 19.4. The SMILES string of the molecule is Cc1ccc(-c2nc3ncccc3o2)cc1NC(=S)NC(=O)c1cccc(OCc2ccccc2)c1. The number of fused-ring (bicyclic) bond motifs is 1. The predicted octanol–water partition coefficient (Wildman–Crippen LogP) is 5.90. The third-order valence-electron chi connectivity index (χ3n) is 5.47. The van der Waals surface area contributed by atoms with Crippen LogP contribution < -0.4 is 15.4 Å². The first-order valence-electron chi connectivity index (χ1n) is 11.3. The first-order chi connectivity index (χ1) is 17.5. The summed E-state index contributed by atoms with van der Waals surface area (Å²) in [4.78, 5) is 21.5. The summed E-state index contributed by atoms with van der Waals surface area (Å²) in [6, 6.07) is 26.1. The van der Waals surface area contributed by atoms with Crippen LogP contribution in [0.3, 0.4) is 0 Å². The highest BCUT2D eigenvalue weighted by atomic mass is 32.1. The average molecular weight is 495 g/mol. The van der Waals surface area contributed by atoms with Crippen LogP contribution in [0.25, 0.3) is 22.7 Å². The van der Waals surface area contributed by atoms with E-state index in [1.165, 1.54) is 0 Å². The van der Waals surface area contributed by atoms with Gasteiger partial charge in [0.05, 0.1) is 0 Å². The lowest BCUT2D eigenvalue weighted by atomic mass is 10.1. The van der Waals surface area contributed by atoms with Gasteiger partial charge in [0, 0.05) is 23.0 Å². The number of ether oxygens (including phenoxy) is 1. The fraction of sp³-hybridized carbons (Fsp3) is 0.0714. The third-order valence-corrected chi connectivity index (χ3v) is 5.67. The van der Waals surface area contributed by atoms with E-state index in [9.17, 15) is 4.79 Å². The zero-order chi connectivity index (χ0) is 24.9. The monoisotopic (exact) mass is 494 g/mol. The number of hydrogen-bond donors (Lipinski definition) is 2. The largest absolute Gasteiger partial charge is 0.489 e. The molecule has 0 aliphatic carbocycles. The van der Waals surface area contributed by atoms with Gasteiger partial charge in [0.25, 0.3) is 5.91 Å². The van der Waals surface area contributed by atoms with Crippen LogP contribution in [0, 0.1) is 6.92 Å². The molecule has 0 bridgehead atoms. The first kappa shape index (κ1) is 23.2. The minimum absolute atomic E-state index is 0.176. The van der Waals surface area contributed by atoms with Crippen molar-refractivity contribution in [1.82, 2.24) is 15.3 Å². The molecule has 7 nitrogen and oxygen atoms in total. The third kappa shape index (κ3) is 5.39. The highest BCUT2D eigenvalue weighted by Crippen LogP contribution is 2.27. The van der Waals surface area contributed by atoms with Gasteiger partial charge >= 0.3 is 0 Å². The highest BCUT2D eigenvalue weighted by Gasteiger charge is 2.13. The highest BCUT2D eigenvalue weighted by molar-refractivity contribution is 7.80. The molecule has 0 spiro atoms. The van der Waals surface area contributed by atoms with Gasteiger partial charge in [-0.2, -0.15) is 4.98 Å². The molecule has 36 heavy (non-hydrogen) atoms. The van der Waals surface area contributed by atoms with Gasteiger partial charge in [0.1, 0.15) is 12.4 Å². The molecule has 0 saturated carbocycles. The molecule has 0 atom stereocenters. The summed E-state index contributed by atoms with van der Waals surface area (Å²) in [5.74, 6) is 0.715. The molecule has 0 aliphatic rings. The standard InChI is InChI=1S/C28H22N4O3S/c1-18-12-13-21(27-31-25-24(35-27)11-6-14-29-25)16-23(18)30-28(36)32-26(33)20-9-5-10-22(15-20)34-17-19-7-3-2-4-8-19/h2-16H,17H2,1H3,(H2,30,32,33,36). The molecule has 0 radical (unpaired) electrons. The van der Waals surface area contributed by atoms with E-state index in [4.69, 9.17) is 21.4 Å². The summed E-state index contributed by atoms with van der Waals surface area (Å²) in [5.41, 5.74) is 5.08. The van der Waals surface area contributed by atoms with Gasteiger partial charge in [0.15, 0.2) is 16.3 Å². The normalized spacial score (nSPS) is 10.7. The number of thiocarbonyl (C=S) groups is 1. The molecule has 178 valence electrons. The van der Waals surface area contributed by atoms with Gasteiger partial charge in [-0.05, 0) is 72.7 Å². The van der Waals surface area contributed by atoms with Crippen molar-refractivity contribution in [2.24, 2.45) is 0 Å². The minimum atomic E-state index is -0.337. The summed E-state index contributed by atoms with van der Waals surface area (Å²) in [5, 5.41) is 6.01. The fourth-order valence-corrected chi connectivity index (χ4v) is 3.78. The molecular weight excluding hydrogens is 472 g/mol. The Morgan fingerprint density at radius 2 is 1.86 bits per heavy atom. The van der Waals surface area contributed by atoms with Gasteiger partial charge < -0.3 is 14.5 Å². The van der Waals surface area contributed by atoms with Gasteiger partial charge in [-0.25, -0.2) is 4.98 Å². The van der Waals surface area contributed by atoms with E-state index in [1.54, 1.807) is 30.5 Å². The van der Waals surface area contributed by atoms with E-state index in [1.807, 2.05) is 67.6 Å². The van der Waals surface area contributed by atoms with Crippen molar-refractivity contribution in [3.63, 3.8) is 0 Å².